The second-order valence-electron chi connectivity index (χ2n) is 7.81. The second-order valence-corrected chi connectivity index (χ2v) is 7.81. The molecule has 2 aromatic heterocycles. The van der Waals surface area contributed by atoms with E-state index in [1.54, 1.807) is 0 Å². The van der Waals surface area contributed by atoms with Gasteiger partial charge in [0.25, 0.3) is 0 Å². The molecule has 0 spiro atoms. The molecule has 29 heavy (non-hydrogen) atoms. The predicted molar refractivity (Wildman–Crippen MR) is 110 cm³/mol. The number of nitrogens with one attached hydrogen (secondary N) is 1. The lowest BCUT2D eigenvalue weighted by Gasteiger charge is -2.28. The highest BCUT2D eigenvalue weighted by atomic mass is 19.1. The number of ether oxygens (including phenoxy) is 1. The third-order valence-electron chi connectivity index (χ3n) is 5.34. The number of pyridine rings is 1. The van der Waals surface area contributed by atoms with E-state index in [9.17, 15) is 9.50 Å². The summed E-state index contributed by atoms with van der Waals surface area (Å²) in [5.41, 5.74) is 4.09. The van der Waals surface area contributed by atoms with Crippen molar-refractivity contribution in [2.45, 2.75) is 45.3 Å². The van der Waals surface area contributed by atoms with Crippen molar-refractivity contribution >= 4 is 16.9 Å². The summed E-state index contributed by atoms with van der Waals surface area (Å²) in [6.45, 7) is 7.14. The zero-order valence-electron chi connectivity index (χ0n) is 16.8. The number of hydrogen-bond donors (Lipinski definition) is 2. The molecule has 0 amide bonds. The highest BCUT2D eigenvalue weighted by molar-refractivity contribution is 5.88. The largest absolute Gasteiger partial charge is 0.389 e. The second kappa shape index (κ2) is 8.00. The van der Waals surface area contributed by atoms with Gasteiger partial charge in [-0.2, -0.15) is 0 Å². The Morgan fingerprint density at radius 2 is 2.07 bits per heavy atom. The van der Waals surface area contributed by atoms with Gasteiger partial charge in [0, 0.05) is 23.8 Å². The molecule has 3 heterocycles. The van der Waals surface area contributed by atoms with Crippen LogP contribution in [0.25, 0.3) is 22.2 Å². The standard InChI is InChI=1S/C22H25FN4O2/c1-12(2)20-13(3)9-24-17-5-4-14(8-15(17)20)21-16(23)10-25-22(27-21)26-18-6-7-29-11-19(18)28/h4-5,8-10,12,18-19,28H,6-7,11H2,1-3H3,(H,25,26,27)/t18-,19-/m1/s1. The van der Waals surface area contributed by atoms with Gasteiger partial charge >= 0.3 is 0 Å². The van der Waals surface area contributed by atoms with Crippen LogP contribution < -0.4 is 5.32 Å². The molecule has 1 aliphatic heterocycles. The zero-order valence-corrected chi connectivity index (χ0v) is 16.8. The van der Waals surface area contributed by atoms with Crippen molar-refractivity contribution in [1.82, 2.24) is 15.0 Å². The van der Waals surface area contributed by atoms with Gasteiger partial charge in [0.2, 0.25) is 5.95 Å². The lowest BCUT2D eigenvalue weighted by atomic mass is 9.93. The fourth-order valence-corrected chi connectivity index (χ4v) is 3.92. The molecule has 1 aliphatic rings. The van der Waals surface area contributed by atoms with Gasteiger partial charge in [-0.25, -0.2) is 14.4 Å². The first-order valence-electron chi connectivity index (χ1n) is 9.88. The fraction of sp³-hybridized carbons (Fsp3) is 0.409. The molecule has 152 valence electrons. The van der Waals surface area contributed by atoms with Gasteiger partial charge in [-0.05, 0) is 42.5 Å². The first-order valence-corrected chi connectivity index (χ1v) is 9.88. The highest BCUT2D eigenvalue weighted by Crippen LogP contribution is 2.31. The topological polar surface area (TPSA) is 80.2 Å². The van der Waals surface area contributed by atoms with Crippen molar-refractivity contribution in [2.75, 3.05) is 18.5 Å². The number of nitrogens with zero attached hydrogens (tertiary/aromatic N) is 3. The van der Waals surface area contributed by atoms with E-state index in [4.69, 9.17) is 4.74 Å². The molecular weight excluding hydrogens is 371 g/mol. The predicted octanol–water partition coefficient (Wildman–Crippen LogP) is 3.82. The molecule has 0 aliphatic carbocycles. The number of aromatic nitrogens is 3. The molecular formula is C22H25FN4O2. The maximum atomic E-state index is 14.6. The quantitative estimate of drug-likeness (QED) is 0.698. The number of aliphatic hydroxyl groups is 1. The number of aryl methyl sites for hydroxylation is 1. The zero-order chi connectivity index (χ0) is 20.5. The maximum Gasteiger partial charge on any atom is 0.223 e. The summed E-state index contributed by atoms with van der Waals surface area (Å²) in [5, 5.41) is 14.2. The van der Waals surface area contributed by atoms with Gasteiger partial charge in [0.1, 0.15) is 5.69 Å². The van der Waals surface area contributed by atoms with Crippen LogP contribution in [0.3, 0.4) is 0 Å². The minimum Gasteiger partial charge on any atom is -0.389 e. The summed E-state index contributed by atoms with van der Waals surface area (Å²) in [7, 11) is 0. The molecule has 0 saturated carbocycles. The summed E-state index contributed by atoms with van der Waals surface area (Å²) >= 11 is 0. The smallest absolute Gasteiger partial charge is 0.223 e. The van der Waals surface area contributed by atoms with Crippen LogP contribution in [0.2, 0.25) is 0 Å². The number of rotatable bonds is 4. The number of anilines is 1. The molecule has 7 heteroatoms. The van der Waals surface area contributed by atoms with E-state index >= 15 is 0 Å². The van der Waals surface area contributed by atoms with Crippen molar-refractivity contribution < 1.29 is 14.2 Å². The Kier molecular flexibility index (Phi) is 5.43. The minimum atomic E-state index is -0.649. The van der Waals surface area contributed by atoms with Crippen LogP contribution in [0, 0.1) is 12.7 Å². The SMILES string of the molecule is Cc1cnc2ccc(-c3nc(N[C@@H]4CCOC[C@H]4O)ncc3F)cc2c1C(C)C. The van der Waals surface area contributed by atoms with Crippen LogP contribution in [0.15, 0.2) is 30.6 Å². The lowest BCUT2D eigenvalue weighted by molar-refractivity contribution is -0.0136. The van der Waals surface area contributed by atoms with Crippen LogP contribution in [-0.2, 0) is 4.74 Å². The van der Waals surface area contributed by atoms with Gasteiger partial charge in [-0.15, -0.1) is 0 Å². The first kappa shape index (κ1) is 19.7. The highest BCUT2D eigenvalue weighted by Gasteiger charge is 2.24. The molecule has 0 unspecified atom stereocenters. The summed E-state index contributed by atoms with van der Waals surface area (Å²) in [6.07, 6.45) is 3.03. The average molecular weight is 396 g/mol. The molecule has 0 radical (unpaired) electrons. The summed E-state index contributed by atoms with van der Waals surface area (Å²) in [5.74, 6) is 0.117. The van der Waals surface area contributed by atoms with E-state index in [1.807, 2.05) is 31.3 Å². The number of hydrogen-bond acceptors (Lipinski definition) is 6. The van der Waals surface area contributed by atoms with E-state index in [2.05, 4.69) is 34.1 Å². The van der Waals surface area contributed by atoms with Crippen LogP contribution in [-0.4, -0.2) is 45.4 Å². The molecule has 2 N–H and O–H groups in total. The number of fused-ring (bicyclic) bond motifs is 1. The Hall–Kier alpha value is -2.64. The van der Waals surface area contributed by atoms with Gasteiger partial charge in [-0.3, -0.25) is 4.98 Å². The Bertz CT molecular complexity index is 1040. The van der Waals surface area contributed by atoms with Crippen molar-refractivity contribution in [3.8, 4) is 11.3 Å². The van der Waals surface area contributed by atoms with Gasteiger partial charge < -0.3 is 15.2 Å². The lowest BCUT2D eigenvalue weighted by Crippen LogP contribution is -2.42. The van der Waals surface area contributed by atoms with Crippen molar-refractivity contribution in [3.05, 3.63) is 47.5 Å². The van der Waals surface area contributed by atoms with Gasteiger partial charge in [-0.1, -0.05) is 19.9 Å². The van der Waals surface area contributed by atoms with Crippen LogP contribution >= 0.6 is 0 Å². The minimum absolute atomic E-state index is 0.224. The third-order valence-corrected chi connectivity index (χ3v) is 5.34. The van der Waals surface area contributed by atoms with Gasteiger partial charge in [0.05, 0.1) is 30.5 Å². The van der Waals surface area contributed by atoms with Crippen LogP contribution in [0.1, 0.15) is 37.3 Å². The summed E-state index contributed by atoms with van der Waals surface area (Å²) < 4.78 is 19.9. The van der Waals surface area contributed by atoms with Crippen molar-refractivity contribution in [3.63, 3.8) is 0 Å². The van der Waals surface area contributed by atoms with Crippen molar-refractivity contribution in [1.29, 1.82) is 0 Å². The molecule has 2 atom stereocenters. The van der Waals surface area contributed by atoms with E-state index in [1.165, 1.54) is 11.8 Å². The Morgan fingerprint density at radius 3 is 2.83 bits per heavy atom. The molecule has 3 aromatic rings. The molecule has 6 nitrogen and oxygen atoms in total. The molecule has 1 saturated heterocycles. The summed E-state index contributed by atoms with van der Waals surface area (Å²) in [4.78, 5) is 13.0. The molecule has 1 fully saturated rings. The summed E-state index contributed by atoms with van der Waals surface area (Å²) in [6, 6.07) is 5.45. The van der Waals surface area contributed by atoms with Gasteiger partial charge in [0.15, 0.2) is 5.82 Å². The molecule has 1 aromatic carbocycles. The Balaban J connectivity index is 1.74. The molecule has 0 bridgehead atoms. The maximum absolute atomic E-state index is 14.6. The normalized spacial score (nSPS) is 19.7. The van der Waals surface area contributed by atoms with E-state index in [-0.39, 0.29) is 18.3 Å². The average Bonchev–Trinajstić information content (AvgIpc) is 2.70. The van der Waals surface area contributed by atoms with Crippen LogP contribution in [0.4, 0.5) is 10.3 Å². The van der Waals surface area contributed by atoms with E-state index in [0.717, 1.165) is 16.5 Å². The number of halogens is 1. The Labute approximate surface area is 169 Å². The monoisotopic (exact) mass is 396 g/mol. The number of aliphatic hydroxyl groups excluding tert-OH is 1. The third kappa shape index (κ3) is 3.93. The first-order chi connectivity index (χ1) is 13.9. The van der Waals surface area contributed by atoms with Crippen LogP contribution in [0.5, 0.6) is 0 Å². The fourth-order valence-electron chi connectivity index (χ4n) is 3.92. The molecule has 4 rings (SSSR count). The van der Waals surface area contributed by atoms with Crippen molar-refractivity contribution in [2.24, 2.45) is 0 Å². The number of benzene rings is 1. The van der Waals surface area contributed by atoms with E-state index < -0.39 is 11.9 Å². The van der Waals surface area contributed by atoms with E-state index in [0.29, 0.717) is 30.5 Å². The Morgan fingerprint density at radius 1 is 1.24 bits per heavy atom.